The Morgan fingerprint density at radius 1 is 1.08 bits per heavy atom. The van der Waals surface area contributed by atoms with Gasteiger partial charge in [0.15, 0.2) is 0 Å². The van der Waals surface area contributed by atoms with Crippen molar-refractivity contribution in [3.63, 3.8) is 0 Å². The van der Waals surface area contributed by atoms with Gasteiger partial charge in [-0.1, -0.05) is 0 Å². The highest BCUT2D eigenvalue weighted by Crippen LogP contribution is 2.10. The normalized spacial score (nSPS) is 10.2. The van der Waals surface area contributed by atoms with E-state index in [1.807, 2.05) is 0 Å². The van der Waals surface area contributed by atoms with Crippen LogP contribution in [0.2, 0.25) is 6.32 Å². The molecule has 1 rings (SSSR count). The molecule has 13 heavy (non-hydrogen) atoms. The molecule has 2 N–H and O–H groups in total. The lowest BCUT2D eigenvalue weighted by atomic mass is 9.83. The zero-order valence-corrected chi connectivity index (χ0v) is 6.87. The van der Waals surface area contributed by atoms with Crippen LogP contribution in [0.1, 0.15) is 5.56 Å². The van der Waals surface area contributed by atoms with E-state index in [-0.39, 0.29) is 12.7 Å². The average molecular weight is 186 g/mol. The third kappa shape index (κ3) is 3.52. The first-order chi connectivity index (χ1) is 6.08. The van der Waals surface area contributed by atoms with Gasteiger partial charge in [0, 0.05) is 6.07 Å². The highest BCUT2D eigenvalue weighted by Gasteiger charge is 2.07. The van der Waals surface area contributed by atoms with Crippen molar-refractivity contribution in [1.29, 1.82) is 0 Å². The number of benzene rings is 1. The van der Waals surface area contributed by atoms with Crippen LogP contribution in [0.3, 0.4) is 0 Å². The van der Waals surface area contributed by atoms with Crippen molar-refractivity contribution in [1.82, 2.24) is 0 Å². The zero-order valence-electron chi connectivity index (χ0n) is 6.87. The van der Waals surface area contributed by atoms with Gasteiger partial charge in [-0.15, -0.1) is 0 Å². The van der Waals surface area contributed by atoms with Gasteiger partial charge in [0.25, 0.3) is 0 Å². The van der Waals surface area contributed by atoms with Gasteiger partial charge in [-0.2, -0.15) is 0 Å². The molecule has 0 fully saturated rings. The van der Waals surface area contributed by atoms with Gasteiger partial charge in [-0.3, -0.25) is 0 Å². The molecule has 0 saturated heterocycles. The predicted octanol–water partition coefficient (Wildman–Crippen LogP) is 0.980. The molecular formula is C8H9BF2O2. The van der Waals surface area contributed by atoms with Crippen molar-refractivity contribution in [3.05, 3.63) is 35.4 Å². The summed E-state index contributed by atoms with van der Waals surface area (Å²) in [4.78, 5) is 0. The fourth-order valence-electron chi connectivity index (χ4n) is 1.05. The zero-order chi connectivity index (χ0) is 9.84. The molecular weight excluding hydrogens is 177 g/mol. The quantitative estimate of drug-likeness (QED) is 0.690. The summed E-state index contributed by atoms with van der Waals surface area (Å²) < 4.78 is 25.2. The van der Waals surface area contributed by atoms with Gasteiger partial charge < -0.3 is 10.0 Å². The second-order valence-electron chi connectivity index (χ2n) is 2.80. The van der Waals surface area contributed by atoms with Crippen molar-refractivity contribution in [2.45, 2.75) is 12.7 Å². The van der Waals surface area contributed by atoms with Gasteiger partial charge in [-0.05, 0) is 30.4 Å². The Hall–Kier alpha value is -0.935. The number of rotatable bonds is 3. The first-order valence-electron chi connectivity index (χ1n) is 3.89. The lowest BCUT2D eigenvalue weighted by molar-refractivity contribution is 0.405. The number of halogens is 2. The van der Waals surface area contributed by atoms with Crippen LogP contribution < -0.4 is 0 Å². The highest BCUT2D eigenvalue weighted by atomic mass is 19.1. The minimum Gasteiger partial charge on any atom is -0.427 e. The van der Waals surface area contributed by atoms with Crippen LogP contribution in [0.4, 0.5) is 8.78 Å². The van der Waals surface area contributed by atoms with Crippen molar-refractivity contribution < 1.29 is 18.8 Å². The molecule has 0 aliphatic heterocycles. The fourth-order valence-corrected chi connectivity index (χ4v) is 1.05. The SMILES string of the molecule is OB(O)CCc1cc(F)cc(F)c1. The summed E-state index contributed by atoms with van der Waals surface area (Å²) in [6, 6.07) is 3.12. The van der Waals surface area contributed by atoms with E-state index in [0.717, 1.165) is 6.07 Å². The monoisotopic (exact) mass is 186 g/mol. The molecule has 0 aliphatic carbocycles. The van der Waals surface area contributed by atoms with Crippen LogP contribution in [0, 0.1) is 11.6 Å². The summed E-state index contributed by atoms with van der Waals surface area (Å²) in [6.45, 7) is 0. The van der Waals surface area contributed by atoms with E-state index >= 15 is 0 Å². The van der Waals surface area contributed by atoms with Gasteiger partial charge in [0.1, 0.15) is 11.6 Å². The first kappa shape index (κ1) is 10.1. The Morgan fingerprint density at radius 2 is 1.62 bits per heavy atom. The molecule has 0 radical (unpaired) electrons. The summed E-state index contributed by atoms with van der Waals surface area (Å²) >= 11 is 0. The van der Waals surface area contributed by atoms with Crippen molar-refractivity contribution in [2.24, 2.45) is 0 Å². The molecule has 0 saturated carbocycles. The topological polar surface area (TPSA) is 40.5 Å². The maximum Gasteiger partial charge on any atom is 0.451 e. The average Bonchev–Trinajstić information content (AvgIpc) is 1.99. The Balaban J connectivity index is 2.66. The summed E-state index contributed by atoms with van der Waals surface area (Å²) in [6.07, 6.45) is 0.315. The van der Waals surface area contributed by atoms with Crippen molar-refractivity contribution in [2.75, 3.05) is 0 Å². The molecule has 70 valence electrons. The molecule has 5 heteroatoms. The summed E-state index contributed by atoms with van der Waals surface area (Å²) in [5.41, 5.74) is 0.422. The van der Waals surface area contributed by atoms with Crippen LogP contribution in [-0.4, -0.2) is 17.2 Å². The Morgan fingerprint density at radius 3 is 2.08 bits per heavy atom. The van der Waals surface area contributed by atoms with E-state index in [0.29, 0.717) is 5.56 Å². The smallest absolute Gasteiger partial charge is 0.427 e. The van der Waals surface area contributed by atoms with Crippen LogP contribution >= 0.6 is 0 Å². The number of hydrogen-bond donors (Lipinski definition) is 2. The van der Waals surface area contributed by atoms with E-state index in [4.69, 9.17) is 10.0 Å². The predicted molar refractivity (Wildman–Crippen MR) is 45.1 cm³/mol. The largest absolute Gasteiger partial charge is 0.451 e. The molecule has 0 bridgehead atoms. The maximum atomic E-state index is 12.6. The lowest BCUT2D eigenvalue weighted by Crippen LogP contribution is -2.11. The first-order valence-corrected chi connectivity index (χ1v) is 3.89. The standard InChI is InChI=1S/C8H9BF2O2/c10-7-3-6(1-2-9(12)13)4-8(11)5-7/h3-5,12-13H,1-2H2. The molecule has 0 aromatic heterocycles. The van der Waals surface area contributed by atoms with Gasteiger partial charge in [0.05, 0.1) is 0 Å². The maximum absolute atomic E-state index is 12.6. The molecule has 0 spiro atoms. The molecule has 1 aromatic rings. The molecule has 0 atom stereocenters. The second-order valence-corrected chi connectivity index (χ2v) is 2.80. The van der Waals surface area contributed by atoms with Gasteiger partial charge in [-0.25, -0.2) is 8.78 Å². The van der Waals surface area contributed by atoms with Gasteiger partial charge >= 0.3 is 7.12 Å². The van der Waals surface area contributed by atoms with E-state index in [2.05, 4.69) is 0 Å². The third-order valence-corrected chi connectivity index (χ3v) is 1.61. The van der Waals surface area contributed by atoms with Crippen LogP contribution in [0.25, 0.3) is 0 Å². The molecule has 0 heterocycles. The van der Waals surface area contributed by atoms with E-state index in [1.54, 1.807) is 0 Å². The summed E-state index contributed by atoms with van der Waals surface area (Å²) in [7, 11) is -1.44. The molecule has 2 nitrogen and oxygen atoms in total. The van der Waals surface area contributed by atoms with Gasteiger partial charge in [0.2, 0.25) is 0 Å². The number of aryl methyl sites for hydroxylation is 1. The van der Waals surface area contributed by atoms with E-state index in [1.165, 1.54) is 12.1 Å². The molecule has 0 aliphatic rings. The minimum absolute atomic E-state index is 0.0723. The lowest BCUT2D eigenvalue weighted by Gasteiger charge is -2.01. The molecule has 0 unspecified atom stereocenters. The molecule has 0 amide bonds. The molecule has 1 aromatic carbocycles. The van der Waals surface area contributed by atoms with E-state index < -0.39 is 18.8 Å². The van der Waals surface area contributed by atoms with Crippen molar-refractivity contribution in [3.8, 4) is 0 Å². The third-order valence-electron chi connectivity index (χ3n) is 1.61. The van der Waals surface area contributed by atoms with Crippen LogP contribution in [0.5, 0.6) is 0 Å². The van der Waals surface area contributed by atoms with Crippen molar-refractivity contribution >= 4 is 7.12 Å². The minimum atomic E-state index is -1.44. The Kier molecular flexibility index (Phi) is 3.39. The van der Waals surface area contributed by atoms with Crippen LogP contribution in [-0.2, 0) is 6.42 Å². The Bertz CT molecular complexity index is 271. The highest BCUT2D eigenvalue weighted by molar-refractivity contribution is 6.40. The summed E-state index contributed by atoms with van der Waals surface area (Å²) in [5, 5.41) is 17.0. The Labute approximate surface area is 75.0 Å². The fraction of sp³-hybridized carbons (Fsp3) is 0.250. The number of hydrogen-bond acceptors (Lipinski definition) is 2. The second kappa shape index (κ2) is 4.34. The van der Waals surface area contributed by atoms with Crippen LogP contribution in [0.15, 0.2) is 18.2 Å². The van der Waals surface area contributed by atoms with E-state index in [9.17, 15) is 8.78 Å². The summed E-state index contributed by atoms with van der Waals surface area (Å²) in [5.74, 6) is -1.30.